The van der Waals surface area contributed by atoms with Crippen molar-refractivity contribution < 1.29 is 28.6 Å². The number of methoxy groups -OCH3 is 2. The zero-order valence-corrected chi connectivity index (χ0v) is 17.6. The van der Waals surface area contributed by atoms with Gasteiger partial charge in [0.1, 0.15) is 11.4 Å². The highest BCUT2D eigenvalue weighted by Gasteiger charge is 2.24. The minimum atomic E-state index is -0.974. The Morgan fingerprint density at radius 2 is 1.61 bits per heavy atom. The summed E-state index contributed by atoms with van der Waals surface area (Å²) in [6, 6.07) is 2.63. The molecule has 166 valence electrons. The number of rotatable bonds is 7. The fourth-order valence-corrected chi connectivity index (χ4v) is 2.74. The van der Waals surface area contributed by atoms with Crippen LogP contribution in [0.1, 0.15) is 27.6 Å². The smallest absolute Gasteiger partial charge is 0.340 e. The SMILES string of the molecule is COc1cc(NC(C)=O)c(C(=O)OCC(=O)c2c(N)n(C)c(=O)n(C)c2=O)cc1OC. The quantitative estimate of drug-likeness (QED) is 0.439. The number of nitrogen functional groups attached to an aromatic ring is 1. The van der Waals surface area contributed by atoms with Crippen LogP contribution in [0.5, 0.6) is 11.5 Å². The minimum absolute atomic E-state index is 0.0696. The number of carbonyl (C=O) groups is 3. The third-order valence-electron chi connectivity index (χ3n) is 4.38. The Hall–Kier alpha value is -4.09. The van der Waals surface area contributed by atoms with Crippen molar-refractivity contribution in [3.8, 4) is 11.5 Å². The van der Waals surface area contributed by atoms with Crippen LogP contribution in [0.15, 0.2) is 21.7 Å². The summed E-state index contributed by atoms with van der Waals surface area (Å²) in [7, 11) is 5.22. The summed E-state index contributed by atoms with van der Waals surface area (Å²) < 4.78 is 17.0. The maximum atomic E-state index is 12.6. The molecule has 0 aliphatic heterocycles. The Morgan fingerprint density at radius 3 is 2.16 bits per heavy atom. The van der Waals surface area contributed by atoms with E-state index in [0.29, 0.717) is 4.57 Å². The summed E-state index contributed by atoms with van der Waals surface area (Å²) in [5.74, 6) is -2.24. The molecule has 0 saturated heterocycles. The van der Waals surface area contributed by atoms with Gasteiger partial charge in [0.15, 0.2) is 18.1 Å². The number of anilines is 2. The minimum Gasteiger partial charge on any atom is -0.493 e. The monoisotopic (exact) mass is 434 g/mol. The first-order valence-corrected chi connectivity index (χ1v) is 8.82. The third-order valence-corrected chi connectivity index (χ3v) is 4.38. The molecule has 12 heteroatoms. The van der Waals surface area contributed by atoms with Gasteiger partial charge < -0.3 is 25.3 Å². The number of hydrogen-bond donors (Lipinski definition) is 2. The zero-order chi connectivity index (χ0) is 23.5. The lowest BCUT2D eigenvalue weighted by Crippen LogP contribution is -2.42. The molecule has 1 amide bonds. The van der Waals surface area contributed by atoms with Crippen molar-refractivity contribution >= 4 is 29.2 Å². The number of nitrogens with two attached hydrogens (primary N) is 1. The van der Waals surface area contributed by atoms with Crippen molar-refractivity contribution in [1.29, 1.82) is 0 Å². The lowest BCUT2D eigenvalue weighted by molar-refractivity contribution is -0.114. The molecule has 0 radical (unpaired) electrons. The molecule has 0 unspecified atom stereocenters. The highest BCUT2D eigenvalue weighted by atomic mass is 16.5. The first-order valence-electron chi connectivity index (χ1n) is 8.82. The van der Waals surface area contributed by atoms with Crippen LogP contribution in [0.25, 0.3) is 0 Å². The van der Waals surface area contributed by atoms with Gasteiger partial charge in [-0.1, -0.05) is 0 Å². The average Bonchev–Trinajstić information content (AvgIpc) is 2.73. The number of esters is 1. The summed E-state index contributed by atoms with van der Waals surface area (Å²) in [4.78, 5) is 60.8. The lowest BCUT2D eigenvalue weighted by atomic mass is 10.1. The molecule has 3 N–H and O–H groups in total. The normalized spacial score (nSPS) is 10.4. The number of aromatic nitrogens is 2. The molecule has 2 rings (SSSR count). The number of ketones is 1. The van der Waals surface area contributed by atoms with Gasteiger partial charge in [0.05, 0.1) is 25.5 Å². The van der Waals surface area contributed by atoms with Crippen LogP contribution < -0.4 is 31.8 Å². The van der Waals surface area contributed by atoms with Crippen LogP contribution >= 0.6 is 0 Å². The van der Waals surface area contributed by atoms with Crippen molar-refractivity contribution in [2.24, 2.45) is 14.1 Å². The second kappa shape index (κ2) is 9.15. The van der Waals surface area contributed by atoms with E-state index in [2.05, 4.69) is 5.32 Å². The molecule has 31 heavy (non-hydrogen) atoms. The van der Waals surface area contributed by atoms with Gasteiger partial charge in [-0.15, -0.1) is 0 Å². The number of Topliss-reactive ketones (excluding diaryl/α,β-unsaturated/α-hetero) is 1. The molecule has 12 nitrogen and oxygen atoms in total. The van der Waals surface area contributed by atoms with Gasteiger partial charge in [0.2, 0.25) is 11.7 Å². The van der Waals surface area contributed by atoms with Crippen LogP contribution in [0.3, 0.4) is 0 Å². The summed E-state index contributed by atoms with van der Waals surface area (Å²) in [5, 5.41) is 2.47. The lowest BCUT2D eigenvalue weighted by Gasteiger charge is -2.15. The largest absolute Gasteiger partial charge is 0.493 e. The van der Waals surface area contributed by atoms with Crippen molar-refractivity contribution in [3.05, 3.63) is 44.1 Å². The van der Waals surface area contributed by atoms with E-state index in [9.17, 15) is 24.0 Å². The first kappa shape index (κ1) is 23.2. The third kappa shape index (κ3) is 4.57. The van der Waals surface area contributed by atoms with Gasteiger partial charge in [-0.05, 0) is 0 Å². The maximum Gasteiger partial charge on any atom is 0.340 e. The first-order chi connectivity index (χ1) is 14.5. The molecule has 0 atom stereocenters. The van der Waals surface area contributed by atoms with Gasteiger partial charge in [-0.25, -0.2) is 9.59 Å². The topological polar surface area (TPSA) is 161 Å². The van der Waals surface area contributed by atoms with E-state index < -0.39 is 41.1 Å². The Balaban J connectivity index is 2.37. The van der Waals surface area contributed by atoms with E-state index in [0.717, 1.165) is 4.57 Å². The number of nitrogens with zero attached hydrogens (tertiary/aromatic N) is 2. The van der Waals surface area contributed by atoms with Crippen LogP contribution in [-0.4, -0.2) is 47.6 Å². The molecular weight excluding hydrogens is 412 g/mol. The van der Waals surface area contributed by atoms with Crippen molar-refractivity contribution in [2.45, 2.75) is 6.92 Å². The molecule has 2 aromatic rings. The van der Waals surface area contributed by atoms with Gasteiger partial charge in [-0.3, -0.25) is 23.5 Å². The van der Waals surface area contributed by atoms with E-state index in [4.69, 9.17) is 19.9 Å². The van der Waals surface area contributed by atoms with Crippen LogP contribution in [0.4, 0.5) is 11.5 Å². The Bertz CT molecular complexity index is 1180. The predicted octanol–water partition coefficient (Wildman–Crippen LogP) is -0.318. The number of nitrogens with one attached hydrogen (secondary N) is 1. The molecular formula is C19H22N4O8. The zero-order valence-electron chi connectivity index (χ0n) is 17.6. The Labute approximate surface area is 176 Å². The maximum absolute atomic E-state index is 12.6. The van der Waals surface area contributed by atoms with Gasteiger partial charge >= 0.3 is 11.7 Å². The van der Waals surface area contributed by atoms with Crippen LogP contribution in [0.2, 0.25) is 0 Å². The molecule has 0 aliphatic rings. The standard InChI is InChI=1S/C19H22N4O8/c1-9(24)21-11-7-14(30-5)13(29-4)6-10(11)18(27)31-8-12(25)15-16(20)22(2)19(28)23(3)17(15)26/h6-7H,8,20H2,1-5H3,(H,21,24). The van der Waals surface area contributed by atoms with Gasteiger partial charge in [-0.2, -0.15) is 0 Å². The number of hydrogen-bond acceptors (Lipinski definition) is 9. The molecule has 0 saturated carbocycles. The summed E-state index contributed by atoms with van der Waals surface area (Å²) in [6.45, 7) is 0.415. The second-order valence-electron chi connectivity index (χ2n) is 6.40. The second-order valence-corrected chi connectivity index (χ2v) is 6.40. The number of amides is 1. The molecule has 0 spiro atoms. The van der Waals surface area contributed by atoms with Gasteiger partial charge in [0.25, 0.3) is 5.56 Å². The highest BCUT2D eigenvalue weighted by molar-refractivity contribution is 6.04. The average molecular weight is 434 g/mol. The van der Waals surface area contributed by atoms with E-state index in [1.807, 2.05) is 0 Å². The summed E-state index contributed by atoms with van der Waals surface area (Å²) in [6.07, 6.45) is 0. The van der Waals surface area contributed by atoms with Crippen molar-refractivity contribution in [2.75, 3.05) is 31.9 Å². The molecule has 1 aromatic heterocycles. The number of benzene rings is 1. The van der Waals surface area contributed by atoms with E-state index >= 15 is 0 Å². The predicted molar refractivity (Wildman–Crippen MR) is 110 cm³/mol. The molecule has 0 aliphatic carbocycles. The van der Waals surface area contributed by atoms with E-state index in [-0.39, 0.29) is 28.6 Å². The van der Waals surface area contributed by atoms with Crippen LogP contribution in [0, 0.1) is 0 Å². The van der Waals surface area contributed by atoms with Crippen molar-refractivity contribution in [3.63, 3.8) is 0 Å². The molecule has 0 fully saturated rings. The van der Waals surface area contributed by atoms with Gasteiger partial charge in [0, 0.05) is 33.2 Å². The number of ether oxygens (including phenoxy) is 3. The fourth-order valence-electron chi connectivity index (χ4n) is 2.74. The fraction of sp³-hybridized carbons (Fsp3) is 0.316. The Kier molecular flexibility index (Phi) is 6.85. The molecule has 1 aromatic carbocycles. The van der Waals surface area contributed by atoms with E-state index in [1.165, 1.54) is 47.4 Å². The molecule has 0 bridgehead atoms. The summed E-state index contributed by atoms with van der Waals surface area (Å²) in [5.41, 5.74) is 3.59. The van der Waals surface area contributed by atoms with Crippen LogP contribution in [-0.2, 0) is 23.6 Å². The van der Waals surface area contributed by atoms with Crippen molar-refractivity contribution in [1.82, 2.24) is 9.13 Å². The highest BCUT2D eigenvalue weighted by Crippen LogP contribution is 2.33. The summed E-state index contributed by atoms with van der Waals surface area (Å²) >= 11 is 0. The molecule has 1 heterocycles. The number of carbonyl (C=O) groups excluding carboxylic acids is 3. The van der Waals surface area contributed by atoms with E-state index in [1.54, 1.807) is 0 Å². The Morgan fingerprint density at radius 1 is 1.03 bits per heavy atom.